The minimum atomic E-state index is 0.176. The predicted octanol–water partition coefficient (Wildman–Crippen LogP) is 0.528. The second kappa shape index (κ2) is 7.25. The van der Waals surface area contributed by atoms with E-state index in [2.05, 4.69) is 34.9 Å². The number of rotatable bonds is 5. The molecule has 3 aliphatic rings. The molecule has 3 unspecified atom stereocenters. The lowest BCUT2D eigenvalue weighted by atomic mass is 9.94. The van der Waals surface area contributed by atoms with Gasteiger partial charge in [-0.1, -0.05) is 6.07 Å². The van der Waals surface area contributed by atoms with Crippen molar-refractivity contribution in [2.45, 2.75) is 12.1 Å². The zero-order chi connectivity index (χ0) is 16.4. The van der Waals surface area contributed by atoms with Crippen LogP contribution in [0.1, 0.15) is 11.6 Å². The van der Waals surface area contributed by atoms with E-state index in [0.717, 1.165) is 31.1 Å². The standard InChI is InChI=1S/C17H25N3O4/c1-20(9-14-10-21-4-5-22-14)8-13-7-18-19-17(13)12-2-3-15-16(6-12)24-11-23-15/h2-3,6,13-14,17-19H,4-5,7-11H2,1H3. The maximum absolute atomic E-state index is 5.75. The van der Waals surface area contributed by atoms with Crippen molar-refractivity contribution in [1.82, 2.24) is 15.8 Å². The summed E-state index contributed by atoms with van der Waals surface area (Å²) in [4.78, 5) is 2.33. The highest BCUT2D eigenvalue weighted by Crippen LogP contribution is 2.36. The molecule has 4 rings (SSSR count). The number of hydrazine groups is 1. The Balaban J connectivity index is 1.37. The smallest absolute Gasteiger partial charge is 0.231 e. The SMILES string of the molecule is CN(CC1COCCO1)CC1CNNC1c1ccc2c(c1)OCO2. The molecule has 0 spiro atoms. The largest absolute Gasteiger partial charge is 0.454 e. The summed E-state index contributed by atoms with van der Waals surface area (Å²) in [6, 6.07) is 6.44. The number of nitrogens with one attached hydrogen (secondary N) is 2. The quantitative estimate of drug-likeness (QED) is 0.814. The van der Waals surface area contributed by atoms with Crippen LogP contribution in [0.4, 0.5) is 0 Å². The molecule has 7 heteroatoms. The third-order valence-electron chi connectivity index (χ3n) is 4.80. The Morgan fingerprint density at radius 2 is 2.08 bits per heavy atom. The molecule has 132 valence electrons. The Morgan fingerprint density at radius 3 is 2.96 bits per heavy atom. The van der Waals surface area contributed by atoms with Crippen LogP contribution in [0.2, 0.25) is 0 Å². The summed E-state index contributed by atoms with van der Waals surface area (Å²) in [7, 11) is 2.15. The molecule has 7 nitrogen and oxygen atoms in total. The lowest BCUT2D eigenvalue weighted by molar-refractivity contribution is -0.0964. The van der Waals surface area contributed by atoms with Crippen LogP contribution in [0, 0.1) is 5.92 Å². The van der Waals surface area contributed by atoms with Gasteiger partial charge in [-0.05, 0) is 24.7 Å². The van der Waals surface area contributed by atoms with Gasteiger partial charge in [0.2, 0.25) is 6.79 Å². The third-order valence-corrected chi connectivity index (χ3v) is 4.80. The molecule has 0 aliphatic carbocycles. The highest BCUT2D eigenvalue weighted by molar-refractivity contribution is 5.45. The normalized spacial score (nSPS) is 29.3. The van der Waals surface area contributed by atoms with Crippen LogP contribution < -0.4 is 20.3 Å². The molecule has 0 bridgehead atoms. The van der Waals surface area contributed by atoms with Crippen molar-refractivity contribution in [2.75, 3.05) is 53.3 Å². The Labute approximate surface area is 142 Å². The Morgan fingerprint density at radius 1 is 1.17 bits per heavy atom. The highest BCUT2D eigenvalue weighted by atomic mass is 16.7. The Kier molecular flexibility index (Phi) is 4.86. The predicted molar refractivity (Wildman–Crippen MR) is 88.0 cm³/mol. The monoisotopic (exact) mass is 335 g/mol. The van der Waals surface area contributed by atoms with Gasteiger partial charge in [0.05, 0.1) is 32.0 Å². The third kappa shape index (κ3) is 3.50. The maximum Gasteiger partial charge on any atom is 0.231 e. The first-order valence-electron chi connectivity index (χ1n) is 8.55. The lowest BCUT2D eigenvalue weighted by Gasteiger charge is -2.30. The number of ether oxygens (including phenoxy) is 4. The van der Waals surface area contributed by atoms with Crippen LogP contribution in [0.3, 0.4) is 0 Å². The van der Waals surface area contributed by atoms with E-state index in [-0.39, 0.29) is 12.1 Å². The summed E-state index contributed by atoms with van der Waals surface area (Å²) in [5.74, 6) is 2.13. The van der Waals surface area contributed by atoms with E-state index in [1.165, 1.54) is 5.56 Å². The van der Waals surface area contributed by atoms with E-state index in [4.69, 9.17) is 18.9 Å². The molecular formula is C17H25N3O4. The molecule has 0 radical (unpaired) electrons. The summed E-state index contributed by atoms with van der Waals surface area (Å²) in [5, 5.41) is 0. The Bertz CT molecular complexity index is 565. The minimum absolute atomic E-state index is 0.176. The summed E-state index contributed by atoms with van der Waals surface area (Å²) < 4.78 is 22.1. The lowest BCUT2D eigenvalue weighted by Crippen LogP contribution is -2.40. The number of benzene rings is 1. The van der Waals surface area contributed by atoms with E-state index >= 15 is 0 Å². The number of hydrogen-bond acceptors (Lipinski definition) is 7. The van der Waals surface area contributed by atoms with Crippen molar-refractivity contribution in [3.05, 3.63) is 23.8 Å². The molecule has 0 aromatic heterocycles. The fourth-order valence-electron chi connectivity index (χ4n) is 3.63. The molecule has 3 aliphatic heterocycles. The molecule has 0 saturated carbocycles. The molecule has 3 heterocycles. The van der Waals surface area contributed by atoms with E-state index in [9.17, 15) is 0 Å². The van der Waals surface area contributed by atoms with Crippen molar-refractivity contribution >= 4 is 0 Å². The first-order chi connectivity index (χ1) is 11.8. The van der Waals surface area contributed by atoms with E-state index in [1.54, 1.807) is 0 Å². The first kappa shape index (κ1) is 16.1. The molecule has 1 aromatic rings. The van der Waals surface area contributed by atoms with Gasteiger partial charge in [-0.3, -0.25) is 5.43 Å². The zero-order valence-electron chi connectivity index (χ0n) is 14.0. The number of nitrogens with zero attached hydrogens (tertiary/aromatic N) is 1. The van der Waals surface area contributed by atoms with Crippen molar-refractivity contribution in [3.63, 3.8) is 0 Å². The summed E-state index contributed by atoms with van der Waals surface area (Å²) in [6.45, 7) is 5.23. The van der Waals surface area contributed by atoms with E-state index < -0.39 is 0 Å². The first-order valence-corrected chi connectivity index (χ1v) is 8.55. The minimum Gasteiger partial charge on any atom is -0.454 e. The molecule has 2 N–H and O–H groups in total. The van der Waals surface area contributed by atoms with E-state index in [1.807, 2.05) is 6.07 Å². The summed E-state index contributed by atoms with van der Waals surface area (Å²) in [5.41, 5.74) is 7.91. The van der Waals surface area contributed by atoms with Gasteiger partial charge in [0.1, 0.15) is 0 Å². The maximum atomic E-state index is 5.75. The van der Waals surface area contributed by atoms with Gasteiger partial charge in [-0.15, -0.1) is 0 Å². The van der Waals surface area contributed by atoms with Crippen LogP contribution >= 0.6 is 0 Å². The van der Waals surface area contributed by atoms with Crippen molar-refractivity contribution in [3.8, 4) is 11.5 Å². The molecule has 1 aromatic carbocycles. The average Bonchev–Trinajstić information content (AvgIpc) is 3.23. The van der Waals surface area contributed by atoms with Gasteiger partial charge in [-0.25, -0.2) is 5.43 Å². The topological polar surface area (TPSA) is 64.2 Å². The molecule has 0 amide bonds. The number of fused-ring (bicyclic) bond motifs is 1. The molecular weight excluding hydrogens is 310 g/mol. The van der Waals surface area contributed by atoms with Crippen molar-refractivity contribution in [1.29, 1.82) is 0 Å². The second-order valence-corrected chi connectivity index (χ2v) is 6.66. The van der Waals surface area contributed by atoms with Crippen LogP contribution in [-0.2, 0) is 9.47 Å². The van der Waals surface area contributed by atoms with Gasteiger partial charge in [-0.2, -0.15) is 0 Å². The van der Waals surface area contributed by atoms with Gasteiger partial charge in [0.25, 0.3) is 0 Å². The number of likely N-dealkylation sites (N-methyl/N-ethyl adjacent to an activating group) is 1. The van der Waals surface area contributed by atoms with Crippen LogP contribution in [-0.4, -0.2) is 64.3 Å². The molecule has 3 atom stereocenters. The number of hydrogen-bond donors (Lipinski definition) is 2. The van der Waals surface area contributed by atoms with Gasteiger partial charge < -0.3 is 23.8 Å². The van der Waals surface area contributed by atoms with Crippen LogP contribution in [0.25, 0.3) is 0 Å². The molecule has 24 heavy (non-hydrogen) atoms. The highest BCUT2D eigenvalue weighted by Gasteiger charge is 2.31. The second-order valence-electron chi connectivity index (χ2n) is 6.66. The average molecular weight is 335 g/mol. The molecule has 2 fully saturated rings. The Hall–Kier alpha value is -1.38. The van der Waals surface area contributed by atoms with Crippen LogP contribution in [0.5, 0.6) is 11.5 Å². The van der Waals surface area contributed by atoms with Gasteiger partial charge in [0.15, 0.2) is 11.5 Å². The van der Waals surface area contributed by atoms with E-state index in [0.29, 0.717) is 32.5 Å². The van der Waals surface area contributed by atoms with Gasteiger partial charge >= 0.3 is 0 Å². The van der Waals surface area contributed by atoms with Crippen LogP contribution in [0.15, 0.2) is 18.2 Å². The summed E-state index contributed by atoms with van der Waals surface area (Å²) in [6.07, 6.45) is 0.176. The van der Waals surface area contributed by atoms with Crippen molar-refractivity contribution in [2.24, 2.45) is 5.92 Å². The molecule has 2 saturated heterocycles. The fourth-order valence-corrected chi connectivity index (χ4v) is 3.63. The zero-order valence-corrected chi connectivity index (χ0v) is 14.0. The summed E-state index contributed by atoms with van der Waals surface area (Å²) >= 11 is 0. The fraction of sp³-hybridized carbons (Fsp3) is 0.647. The van der Waals surface area contributed by atoms with Crippen molar-refractivity contribution < 1.29 is 18.9 Å². The van der Waals surface area contributed by atoms with Gasteiger partial charge in [0, 0.05) is 25.6 Å².